The molecule has 4 aliphatic heterocycles. The summed E-state index contributed by atoms with van der Waals surface area (Å²) in [5.74, 6) is 0.718. The predicted molar refractivity (Wildman–Crippen MR) is 171 cm³/mol. The highest BCUT2D eigenvalue weighted by Gasteiger charge is 2.34. The number of piperidine rings is 1. The van der Waals surface area contributed by atoms with Crippen LogP contribution >= 0.6 is 0 Å². The number of hydrogen-bond donors (Lipinski definition) is 2. The van der Waals surface area contributed by atoms with Crippen molar-refractivity contribution >= 4 is 23.6 Å². The van der Waals surface area contributed by atoms with Crippen molar-refractivity contribution in [1.82, 2.24) is 25.6 Å². The van der Waals surface area contributed by atoms with Gasteiger partial charge in [-0.2, -0.15) is 4.98 Å². The zero-order valence-corrected chi connectivity index (χ0v) is 25.6. The molecule has 2 N–H and O–H groups in total. The third-order valence-corrected chi connectivity index (χ3v) is 8.41. The first-order chi connectivity index (χ1) is 23.0. The van der Waals surface area contributed by atoms with E-state index in [2.05, 4.69) is 25.6 Å². The Balaban J connectivity index is 1.18. The van der Waals surface area contributed by atoms with E-state index >= 15 is 0 Å². The standard InChI is InChI=1S/C34H34FN7O5/c35-28-19-38-34(40-32(28)41-10-12-45-13-11-41)42-9-8-30-29(20-42)39-33(44)25-14-24(17-36-18-25)23-2-1-3-27(15-23)46-21-31(43)37-16-22-4-6-26(47-30)7-5-22/h1-7,14-15,17-19,29-30H,8-13,16,20-21H2,(H,37,43)(H,39,44)/t29-,30+/m1/s1. The van der Waals surface area contributed by atoms with Gasteiger partial charge in [0.05, 0.1) is 31.0 Å². The van der Waals surface area contributed by atoms with Crippen LogP contribution in [0.3, 0.4) is 0 Å². The Morgan fingerprint density at radius 3 is 2.55 bits per heavy atom. The van der Waals surface area contributed by atoms with E-state index in [0.717, 1.165) is 16.7 Å². The number of fused-ring (bicyclic) bond motifs is 7. The predicted octanol–water partition coefficient (Wildman–Crippen LogP) is 2.98. The summed E-state index contributed by atoms with van der Waals surface area (Å²) < 4.78 is 32.4. The Morgan fingerprint density at radius 2 is 1.70 bits per heavy atom. The largest absolute Gasteiger partial charge is 0.488 e. The second-order valence-electron chi connectivity index (χ2n) is 11.6. The van der Waals surface area contributed by atoms with Gasteiger partial charge >= 0.3 is 0 Å². The highest BCUT2D eigenvalue weighted by atomic mass is 19.1. The van der Waals surface area contributed by atoms with Crippen molar-refractivity contribution in [3.8, 4) is 22.6 Å². The topological polar surface area (TPSA) is 131 Å². The first-order valence-corrected chi connectivity index (χ1v) is 15.6. The van der Waals surface area contributed by atoms with E-state index in [1.165, 1.54) is 12.4 Å². The van der Waals surface area contributed by atoms with E-state index in [0.29, 0.717) is 75.4 Å². The summed E-state index contributed by atoms with van der Waals surface area (Å²) in [4.78, 5) is 43.3. The monoisotopic (exact) mass is 639 g/mol. The van der Waals surface area contributed by atoms with Gasteiger partial charge in [0.1, 0.15) is 17.6 Å². The van der Waals surface area contributed by atoms with Gasteiger partial charge in [-0.25, -0.2) is 9.37 Å². The maximum Gasteiger partial charge on any atom is 0.258 e. The summed E-state index contributed by atoms with van der Waals surface area (Å²) >= 11 is 0. The molecule has 2 aromatic heterocycles. The van der Waals surface area contributed by atoms with Crippen molar-refractivity contribution in [1.29, 1.82) is 0 Å². The lowest BCUT2D eigenvalue weighted by molar-refractivity contribution is -0.123. The lowest BCUT2D eigenvalue weighted by atomic mass is 10.0. The van der Waals surface area contributed by atoms with Gasteiger partial charge in [-0.3, -0.25) is 14.6 Å². The molecule has 0 unspecified atom stereocenters. The molecule has 8 rings (SSSR count). The number of nitrogens with zero attached hydrogens (tertiary/aromatic N) is 5. The van der Waals surface area contributed by atoms with Crippen molar-refractivity contribution in [2.45, 2.75) is 25.1 Å². The quantitative estimate of drug-likeness (QED) is 0.338. The third-order valence-electron chi connectivity index (χ3n) is 8.41. The Labute approximate surface area is 270 Å². The number of aromatic nitrogens is 3. The van der Waals surface area contributed by atoms with Crippen molar-refractivity contribution in [3.05, 3.63) is 90.1 Å². The van der Waals surface area contributed by atoms with Gasteiger partial charge in [0.25, 0.3) is 11.8 Å². The number of carbonyl (C=O) groups is 2. The molecule has 6 bridgehead atoms. The van der Waals surface area contributed by atoms with Gasteiger partial charge in [0, 0.05) is 57.1 Å². The molecule has 0 spiro atoms. The number of hydrogen-bond acceptors (Lipinski definition) is 10. The highest BCUT2D eigenvalue weighted by molar-refractivity contribution is 5.95. The molecule has 12 nitrogen and oxygen atoms in total. The molecule has 4 aliphatic rings. The Bertz CT molecular complexity index is 1750. The van der Waals surface area contributed by atoms with Crippen LogP contribution < -0.4 is 29.9 Å². The minimum Gasteiger partial charge on any atom is -0.488 e. The lowest BCUT2D eigenvalue weighted by Crippen LogP contribution is -2.57. The van der Waals surface area contributed by atoms with Crippen LogP contribution in [-0.2, 0) is 16.1 Å². The summed E-state index contributed by atoms with van der Waals surface area (Å²) in [6.07, 6.45) is 4.55. The Morgan fingerprint density at radius 1 is 0.872 bits per heavy atom. The first kappa shape index (κ1) is 30.4. The maximum atomic E-state index is 14.8. The van der Waals surface area contributed by atoms with Gasteiger partial charge in [0.2, 0.25) is 5.95 Å². The second-order valence-corrected chi connectivity index (χ2v) is 11.6. The minimum absolute atomic E-state index is 0.136. The molecule has 13 heteroatoms. The average Bonchev–Trinajstić information content (AvgIpc) is 3.11. The number of nitrogens with one attached hydrogen (secondary N) is 2. The molecule has 2 aromatic carbocycles. The highest BCUT2D eigenvalue weighted by Crippen LogP contribution is 2.27. The molecule has 0 radical (unpaired) electrons. The van der Waals surface area contributed by atoms with Crippen LogP contribution in [0.15, 0.2) is 73.2 Å². The van der Waals surface area contributed by atoms with E-state index in [1.807, 2.05) is 46.2 Å². The Kier molecular flexibility index (Phi) is 8.78. The van der Waals surface area contributed by atoms with Crippen LogP contribution in [0.4, 0.5) is 16.2 Å². The molecule has 0 aliphatic carbocycles. The molecule has 47 heavy (non-hydrogen) atoms. The number of morpholine rings is 1. The molecule has 2 amide bonds. The van der Waals surface area contributed by atoms with Crippen LogP contribution in [0.1, 0.15) is 22.3 Å². The summed E-state index contributed by atoms with van der Waals surface area (Å²) in [7, 11) is 0. The fraction of sp³-hybridized carbons (Fsp3) is 0.324. The maximum absolute atomic E-state index is 14.8. The number of anilines is 2. The van der Waals surface area contributed by atoms with Gasteiger partial charge < -0.3 is 34.6 Å². The molecular formula is C34H34FN7O5. The molecule has 2 fully saturated rings. The second kappa shape index (κ2) is 13.6. The Hall–Kier alpha value is -5.30. The van der Waals surface area contributed by atoms with Gasteiger partial charge in [-0.05, 0) is 41.5 Å². The number of carbonyl (C=O) groups excluding carboxylic acids is 2. The summed E-state index contributed by atoms with van der Waals surface area (Å²) in [6, 6.07) is 16.0. The van der Waals surface area contributed by atoms with Gasteiger partial charge in [0.15, 0.2) is 18.2 Å². The van der Waals surface area contributed by atoms with Gasteiger partial charge in [-0.1, -0.05) is 24.3 Å². The first-order valence-electron chi connectivity index (χ1n) is 15.6. The molecule has 2 saturated heterocycles. The number of pyridine rings is 1. The molecule has 242 valence electrons. The van der Waals surface area contributed by atoms with Crippen molar-refractivity contribution in [3.63, 3.8) is 0 Å². The average molecular weight is 640 g/mol. The molecule has 0 saturated carbocycles. The smallest absolute Gasteiger partial charge is 0.258 e. The molecule has 4 aromatic rings. The van der Waals surface area contributed by atoms with Crippen molar-refractivity contribution in [2.24, 2.45) is 0 Å². The number of amides is 2. The zero-order chi connectivity index (χ0) is 32.2. The number of ether oxygens (including phenoxy) is 3. The molecular weight excluding hydrogens is 605 g/mol. The minimum atomic E-state index is -0.489. The van der Waals surface area contributed by atoms with Crippen LogP contribution in [0.5, 0.6) is 11.5 Å². The molecule has 6 heterocycles. The van der Waals surface area contributed by atoms with Gasteiger partial charge in [-0.15, -0.1) is 0 Å². The van der Waals surface area contributed by atoms with E-state index in [9.17, 15) is 14.0 Å². The fourth-order valence-electron chi connectivity index (χ4n) is 5.89. The lowest BCUT2D eigenvalue weighted by Gasteiger charge is -2.39. The van der Waals surface area contributed by atoms with Crippen LogP contribution in [0, 0.1) is 5.82 Å². The summed E-state index contributed by atoms with van der Waals surface area (Å²) in [6.45, 7) is 3.15. The third kappa shape index (κ3) is 7.09. The number of halogens is 1. The molecule has 2 atom stereocenters. The SMILES string of the molecule is O=C1COc2cccc(c2)-c2cncc(c2)C(=O)N[C@@H]2CN(c3ncc(F)c(N4CCOCC4)n3)CC[C@@H]2Oc2ccc(cc2)CN1. The van der Waals surface area contributed by atoms with Crippen molar-refractivity contribution in [2.75, 3.05) is 55.8 Å². The normalized spacial score (nSPS) is 20.3. The van der Waals surface area contributed by atoms with E-state index in [-0.39, 0.29) is 30.3 Å². The zero-order valence-electron chi connectivity index (χ0n) is 25.6. The van der Waals surface area contributed by atoms with Crippen LogP contribution in [0.25, 0.3) is 11.1 Å². The summed E-state index contributed by atoms with van der Waals surface area (Å²) in [5.41, 5.74) is 2.77. The van der Waals surface area contributed by atoms with E-state index in [1.54, 1.807) is 24.4 Å². The fourth-order valence-corrected chi connectivity index (χ4v) is 5.89. The number of rotatable bonds is 2. The van der Waals surface area contributed by atoms with Crippen LogP contribution in [0.2, 0.25) is 0 Å². The van der Waals surface area contributed by atoms with E-state index in [4.69, 9.17) is 14.2 Å². The number of benzene rings is 2. The van der Waals surface area contributed by atoms with Crippen molar-refractivity contribution < 1.29 is 28.2 Å². The summed E-state index contributed by atoms with van der Waals surface area (Å²) in [5, 5.41) is 6.05. The van der Waals surface area contributed by atoms with Crippen LogP contribution in [-0.4, -0.2) is 84.9 Å². The van der Waals surface area contributed by atoms with E-state index < -0.39 is 11.9 Å².